The smallest absolute Gasteiger partial charge is 0.290 e. The fourth-order valence-corrected chi connectivity index (χ4v) is 5.62. The zero-order valence-electron chi connectivity index (χ0n) is 22.9. The molecule has 0 aliphatic carbocycles. The van der Waals surface area contributed by atoms with Crippen molar-refractivity contribution in [2.45, 2.75) is 19.4 Å². The van der Waals surface area contributed by atoms with Crippen LogP contribution in [0, 0.1) is 5.92 Å². The average molecular weight is 579 g/mol. The Morgan fingerprint density at radius 2 is 1.71 bits per heavy atom. The molecule has 0 unspecified atom stereocenters. The number of carbonyl (C=O) groups excluding carboxylic acids is 2. The Balaban J connectivity index is 0.976. The number of carbonyl (C=O) groups is 2. The van der Waals surface area contributed by atoms with Crippen molar-refractivity contribution in [3.05, 3.63) is 101 Å². The molecule has 0 atom stereocenters. The van der Waals surface area contributed by atoms with Gasteiger partial charge in [0.15, 0.2) is 0 Å². The van der Waals surface area contributed by atoms with Gasteiger partial charge in [-0.25, -0.2) is 9.97 Å². The van der Waals surface area contributed by atoms with Gasteiger partial charge in [0.05, 0.1) is 22.0 Å². The molecular weight excluding hydrogens is 548 g/mol. The maximum Gasteiger partial charge on any atom is 0.290 e. The summed E-state index contributed by atoms with van der Waals surface area (Å²) < 4.78 is 5.90. The van der Waals surface area contributed by atoms with Crippen LogP contribution in [0.15, 0.2) is 90.0 Å². The predicted octanol–water partition coefficient (Wildman–Crippen LogP) is 5.66. The highest BCUT2D eigenvalue weighted by atomic mass is 32.2. The maximum absolute atomic E-state index is 11.8. The van der Waals surface area contributed by atoms with Crippen LogP contribution in [0.3, 0.4) is 0 Å². The zero-order chi connectivity index (χ0) is 28.7. The second kappa shape index (κ2) is 13.0. The number of ether oxygens (including phenoxy) is 1. The van der Waals surface area contributed by atoms with Crippen molar-refractivity contribution >= 4 is 34.9 Å². The Hall–Kier alpha value is -4.54. The van der Waals surface area contributed by atoms with E-state index in [1.807, 2.05) is 66.7 Å². The standard InChI is InChI=1S/C32H30N6O3S/c39-30-29(42-32(40)37-30)19-24-13-16-34-31(36-24)38-17-14-22(15-18-38)20-33-21-25-5-4-8-28(35-25)23-9-11-27(12-10-23)41-26-6-2-1-3-7-26/h1-13,16,19,22,33H,14-15,17-18,20-21H2,(H,37,39,40)/b29-19+. The van der Waals surface area contributed by atoms with E-state index in [4.69, 9.17) is 9.72 Å². The van der Waals surface area contributed by atoms with Gasteiger partial charge in [-0.3, -0.25) is 19.9 Å². The van der Waals surface area contributed by atoms with Crippen molar-refractivity contribution in [2.24, 2.45) is 5.92 Å². The van der Waals surface area contributed by atoms with Gasteiger partial charge in [0, 0.05) is 31.4 Å². The lowest BCUT2D eigenvalue weighted by atomic mass is 9.97. The average Bonchev–Trinajstić information content (AvgIpc) is 3.34. The third-order valence-electron chi connectivity index (χ3n) is 7.16. The van der Waals surface area contributed by atoms with Crippen LogP contribution in [0.2, 0.25) is 0 Å². The third-order valence-corrected chi connectivity index (χ3v) is 7.97. The number of nitrogens with one attached hydrogen (secondary N) is 2. The van der Waals surface area contributed by atoms with Crippen molar-refractivity contribution in [1.82, 2.24) is 25.6 Å². The molecule has 2 aromatic heterocycles. The van der Waals surface area contributed by atoms with Crippen LogP contribution in [-0.2, 0) is 11.3 Å². The normalized spacial score (nSPS) is 16.6. The van der Waals surface area contributed by atoms with Crippen LogP contribution in [0.1, 0.15) is 24.2 Å². The van der Waals surface area contributed by atoms with E-state index >= 15 is 0 Å². The molecule has 2 amide bonds. The van der Waals surface area contributed by atoms with Crippen molar-refractivity contribution in [1.29, 1.82) is 0 Å². The van der Waals surface area contributed by atoms with Crippen LogP contribution >= 0.6 is 11.8 Å². The SMILES string of the molecule is O=C1NC(=O)/C(=C\c2ccnc(N3CCC(CNCc4cccc(-c5ccc(Oc6ccccc6)cc5)n4)CC3)n2)S1. The third kappa shape index (κ3) is 7.02. The first-order valence-electron chi connectivity index (χ1n) is 13.9. The molecule has 0 saturated carbocycles. The molecule has 2 aliphatic heterocycles. The number of pyridine rings is 1. The number of benzene rings is 2. The summed E-state index contributed by atoms with van der Waals surface area (Å²) in [5.41, 5.74) is 3.60. The molecule has 2 saturated heterocycles. The van der Waals surface area contributed by atoms with Gasteiger partial charge < -0.3 is 15.0 Å². The fraction of sp³-hybridized carbons (Fsp3) is 0.219. The van der Waals surface area contributed by atoms with Gasteiger partial charge in [0.25, 0.3) is 11.1 Å². The van der Waals surface area contributed by atoms with Crippen molar-refractivity contribution < 1.29 is 14.3 Å². The van der Waals surface area contributed by atoms with Crippen LogP contribution in [0.25, 0.3) is 17.3 Å². The van der Waals surface area contributed by atoms with Gasteiger partial charge >= 0.3 is 0 Å². The van der Waals surface area contributed by atoms with Gasteiger partial charge in [0.1, 0.15) is 11.5 Å². The molecule has 212 valence electrons. The summed E-state index contributed by atoms with van der Waals surface area (Å²) in [7, 11) is 0. The summed E-state index contributed by atoms with van der Waals surface area (Å²) >= 11 is 0.888. The predicted molar refractivity (Wildman–Crippen MR) is 164 cm³/mol. The van der Waals surface area contributed by atoms with Crippen molar-refractivity contribution in [3.63, 3.8) is 0 Å². The number of amides is 2. The summed E-state index contributed by atoms with van der Waals surface area (Å²) in [4.78, 5) is 39.7. The Kier molecular flexibility index (Phi) is 8.53. The first-order valence-corrected chi connectivity index (χ1v) is 14.7. The Labute approximate surface area is 248 Å². The van der Waals surface area contributed by atoms with Gasteiger partial charge in [-0.2, -0.15) is 0 Å². The van der Waals surface area contributed by atoms with Crippen molar-refractivity contribution in [2.75, 3.05) is 24.5 Å². The largest absolute Gasteiger partial charge is 0.457 e. The Bertz CT molecular complexity index is 1590. The molecular formula is C32H30N6O3S. The quantitative estimate of drug-likeness (QED) is 0.243. The minimum absolute atomic E-state index is 0.348. The number of hydrogen-bond donors (Lipinski definition) is 2. The minimum atomic E-state index is -0.385. The van der Waals surface area contributed by atoms with E-state index in [-0.39, 0.29) is 11.1 Å². The highest BCUT2D eigenvalue weighted by Crippen LogP contribution is 2.27. The zero-order valence-corrected chi connectivity index (χ0v) is 23.7. The first-order chi connectivity index (χ1) is 20.6. The number of para-hydroxylation sites is 1. The van der Waals surface area contributed by atoms with Crippen LogP contribution in [0.5, 0.6) is 11.5 Å². The van der Waals surface area contributed by atoms with E-state index in [2.05, 4.69) is 31.6 Å². The summed E-state index contributed by atoms with van der Waals surface area (Å²) in [5, 5.41) is 5.49. The molecule has 42 heavy (non-hydrogen) atoms. The van der Waals surface area contributed by atoms with E-state index in [0.29, 0.717) is 29.0 Å². The lowest BCUT2D eigenvalue weighted by Gasteiger charge is -2.32. The van der Waals surface area contributed by atoms with Crippen LogP contribution < -0.4 is 20.3 Å². The number of anilines is 1. The molecule has 10 heteroatoms. The summed E-state index contributed by atoms with van der Waals surface area (Å²) in [6, 6.07) is 25.6. The molecule has 6 rings (SSSR count). The topological polar surface area (TPSA) is 109 Å². The van der Waals surface area contributed by atoms with Gasteiger partial charge in [-0.05, 0) is 97.7 Å². The highest BCUT2D eigenvalue weighted by molar-refractivity contribution is 8.18. The summed E-state index contributed by atoms with van der Waals surface area (Å²) in [6.45, 7) is 3.34. The van der Waals surface area contributed by atoms with Gasteiger partial charge in [-0.1, -0.05) is 24.3 Å². The molecule has 9 nitrogen and oxygen atoms in total. The molecule has 0 bridgehead atoms. The number of nitrogens with zero attached hydrogens (tertiary/aromatic N) is 4. The molecule has 2 N–H and O–H groups in total. The minimum Gasteiger partial charge on any atom is -0.457 e. The summed E-state index contributed by atoms with van der Waals surface area (Å²) in [6.07, 6.45) is 5.37. The first kappa shape index (κ1) is 27.6. The lowest BCUT2D eigenvalue weighted by molar-refractivity contribution is -0.115. The number of aromatic nitrogens is 3. The van der Waals surface area contributed by atoms with Crippen LogP contribution in [0.4, 0.5) is 10.7 Å². The molecule has 0 spiro atoms. The number of imide groups is 1. The van der Waals surface area contributed by atoms with E-state index in [9.17, 15) is 9.59 Å². The molecule has 4 aromatic rings. The van der Waals surface area contributed by atoms with E-state index in [1.165, 1.54) is 0 Å². The lowest BCUT2D eigenvalue weighted by Crippen LogP contribution is -2.38. The maximum atomic E-state index is 11.8. The van der Waals surface area contributed by atoms with E-state index < -0.39 is 0 Å². The number of piperidine rings is 1. The fourth-order valence-electron chi connectivity index (χ4n) is 4.95. The molecule has 2 aromatic carbocycles. The number of rotatable bonds is 9. The van der Waals surface area contributed by atoms with Crippen molar-refractivity contribution in [3.8, 4) is 22.8 Å². The summed E-state index contributed by atoms with van der Waals surface area (Å²) in [5.74, 6) is 2.42. The second-order valence-corrected chi connectivity index (χ2v) is 11.2. The Morgan fingerprint density at radius 1 is 0.929 bits per heavy atom. The molecule has 0 radical (unpaired) electrons. The highest BCUT2D eigenvalue weighted by Gasteiger charge is 2.25. The number of thioether (sulfide) groups is 1. The molecule has 2 fully saturated rings. The monoisotopic (exact) mass is 578 g/mol. The van der Waals surface area contributed by atoms with E-state index in [0.717, 1.165) is 72.7 Å². The molecule has 4 heterocycles. The molecule has 2 aliphatic rings. The second-order valence-electron chi connectivity index (χ2n) is 10.1. The van der Waals surface area contributed by atoms with Crippen LogP contribution in [-0.4, -0.2) is 45.7 Å². The Morgan fingerprint density at radius 3 is 2.48 bits per heavy atom. The van der Waals surface area contributed by atoms with E-state index in [1.54, 1.807) is 18.3 Å². The van der Waals surface area contributed by atoms with Gasteiger partial charge in [-0.15, -0.1) is 0 Å². The van der Waals surface area contributed by atoms with Gasteiger partial charge in [0.2, 0.25) is 5.95 Å². The number of hydrogen-bond acceptors (Lipinski definition) is 9.